The first-order valence-corrected chi connectivity index (χ1v) is 12.3. The van der Waals surface area contributed by atoms with Crippen LogP contribution in [0.3, 0.4) is 0 Å². The van der Waals surface area contributed by atoms with Crippen molar-refractivity contribution in [3.63, 3.8) is 0 Å². The van der Waals surface area contributed by atoms with Gasteiger partial charge in [-0.1, -0.05) is 30.3 Å². The number of aromatic carboxylic acids is 1. The van der Waals surface area contributed by atoms with E-state index in [-0.39, 0.29) is 6.54 Å². The number of halogens is 3. The number of fused-ring (bicyclic) bond motifs is 1. The summed E-state index contributed by atoms with van der Waals surface area (Å²) in [7, 11) is 0. The molecule has 1 unspecified atom stereocenters. The minimum absolute atomic E-state index is 0.287. The smallest absolute Gasteiger partial charge is 0.408 e. The minimum Gasteiger partial charge on any atom is -0.478 e. The lowest BCUT2D eigenvalue weighted by atomic mass is 9.99. The van der Waals surface area contributed by atoms with E-state index in [4.69, 9.17) is 9.47 Å². The summed E-state index contributed by atoms with van der Waals surface area (Å²) in [5.74, 6) is -6.75. The first kappa shape index (κ1) is 28.5. The molecule has 1 heterocycles. The van der Waals surface area contributed by atoms with Crippen LogP contribution in [0, 0.1) is 5.82 Å². The first-order chi connectivity index (χ1) is 18.7. The third-order valence-electron chi connectivity index (χ3n) is 5.96. The Balaban J connectivity index is 1.71. The van der Waals surface area contributed by atoms with Crippen molar-refractivity contribution in [3.8, 4) is 11.5 Å². The number of carboxylic acid groups (broad SMARTS) is 1. The van der Waals surface area contributed by atoms with Crippen LogP contribution < -0.4 is 15.0 Å². The average molecular weight is 557 g/mol. The molecule has 11 heteroatoms. The molecule has 0 bridgehead atoms. The van der Waals surface area contributed by atoms with Crippen LogP contribution in [0.1, 0.15) is 48.7 Å². The molecule has 1 aliphatic heterocycles. The number of anilines is 1. The highest BCUT2D eigenvalue weighted by molar-refractivity contribution is 6.01. The molecule has 0 aliphatic carbocycles. The molecule has 4 rings (SSSR count). The van der Waals surface area contributed by atoms with E-state index in [1.54, 1.807) is 69.3 Å². The van der Waals surface area contributed by atoms with E-state index in [1.165, 1.54) is 0 Å². The predicted molar refractivity (Wildman–Crippen MR) is 139 cm³/mol. The summed E-state index contributed by atoms with van der Waals surface area (Å²) in [6.07, 6.45) is -2.28. The molecule has 1 aliphatic rings. The third-order valence-corrected chi connectivity index (χ3v) is 5.96. The van der Waals surface area contributed by atoms with Crippen molar-refractivity contribution in [1.29, 1.82) is 0 Å². The minimum atomic E-state index is -3.80. The number of carbonyl (C=O) groups excluding carboxylic acids is 2. The van der Waals surface area contributed by atoms with Gasteiger partial charge in [-0.15, -0.1) is 0 Å². The van der Waals surface area contributed by atoms with Crippen molar-refractivity contribution < 1.29 is 42.1 Å². The van der Waals surface area contributed by atoms with Crippen LogP contribution in [0.4, 0.5) is 23.7 Å². The molecule has 0 fully saturated rings. The molecule has 1 atom stereocenters. The molecule has 2 N–H and O–H groups in total. The molecule has 40 heavy (non-hydrogen) atoms. The van der Waals surface area contributed by atoms with Crippen LogP contribution in [0.25, 0.3) is 0 Å². The summed E-state index contributed by atoms with van der Waals surface area (Å²) in [5, 5.41) is 11.6. The van der Waals surface area contributed by atoms with Gasteiger partial charge in [-0.25, -0.2) is 22.8 Å². The number of para-hydroxylation sites is 1. The van der Waals surface area contributed by atoms with Gasteiger partial charge in [0.05, 0.1) is 17.8 Å². The zero-order chi connectivity index (χ0) is 29.2. The molecular weight excluding hydrogens is 529 g/mol. The Morgan fingerprint density at radius 3 is 2.27 bits per heavy atom. The highest BCUT2D eigenvalue weighted by atomic mass is 19.3. The van der Waals surface area contributed by atoms with Crippen molar-refractivity contribution in [2.24, 2.45) is 0 Å². The van der Waals surface area contributed by atoms with E-state index < -0.39 is 64.6 Å². The van der Waals surface area contributed by atoms with E-state index in [9.17, 15) is 23.9 Å². The summed E-state index contributed by atoms with van der Waals surface area (Å²) >= 11 is 0. The van der Waals surface area contributed by atoms with Crippen LogP contribution >= 0.6 is 0 Å². The average Bonchev–Trinajstić information content (AvgIpc) is 2.93. The number of rotatable bonds is 6. The molecule has 0 radical (unpaired) electrons. The summed E-state index contributed by atoms with van der Waals surface area (Å²) in [5.41, 5.74) is -2.72. The van der Waals surface area contributed by atoms with Crippen LogP contribution in [0.15, 0.2) is 66.7 Å². The van der Waals surface area contributed by atoms with E-state index in [0.29, 0.717) is 29.2 Å². The number of benzene rings is 3. The lowest BCUT2D eigenvalue weighted by Crippen LogP contribution is -2.49. The Kier molecular flexibility index (Phi) is 7.77. The van der Waals surface area contributed by atoms with Gasteiger partial charge in [-0.05, 0) is 62.7 Å². The van der Waals surface area contributed by atoms with Gasteiger partial charge in [0.25, 0.3) is 5.92 Å². The summed E-state index contributed by atoms with van der Waals surface area (Å²) in [6.45, 7) is 4.42. The van der Waals surface area contributed by atoms with Gasteiger partial charge < -0.3 is 24.8 Å². The topological polar surface area (TPSA) is 105 Å². The molecule has 3 aromatic rings. The molecule has 0 aromatic heterocycles. The fraction of sp³-hybridized carbons (Fsp3) is 0.276. The first-order valence-electron chi connectivity index (χ1n) is 12.3. The van der Waals surface area contributed by atoms with Gasteiger partial charge in [0.1, 0.15) is 29.0 Å². The second kappa shape index (κ2) is 10.9. The normalized spacial score (nSPS) is 16.5. The standard InChI is InChI=1S/C29H27F3N2O6/c1-28(2,3)40-27(38)33-23-15-29(31,32)21-14-22(30)20(26(36)37)13-24(21)34(25(23)35)16-17-9-11-19(12-10-17)39-18-7-5-4-6-8-18/h4-14,23H,15-16H2,1-3H3,(H,33,38)(H,36,37). The number of alkyl carbamates (subject to hydrolysis) is 1. The molecule has 0 saturated carbocycles. The van der Waals surface area contributed by atoms with Gasteiger partial charge in [0, 0.05) is 12.0 Å². The number of carboxylic acids is 1. The molecular formula is C29H27F3N2O6. The number of nitrogens with zero attached hydrogens (tertiary/aromatic N) is 1. The largest absolute Gasteiger partial charge is 0.478 e. The van der Waals surface area contributed by atoms with Crippen molar-refractivity contribution in [2.75, 3.05) is 4.90 Å². The van der Waals surface area contributed by atoms with Crippen molar-refractivity contribution in [1.82, 2.24) is 5.32 Å². The number of nitrogens with one attached hydrogen (secondary N) is 1. The van der Waals surface area contributed by atoms with Gasteiger partial charge in [0.2, 0.25) is 5.91 Å². The second-order valence-electron chi connectivity index (χ2n) is 10.2. The maximum atomic E-state index is 15.5. The second-order valence-corrected chi connectivity index (χ2v) is 10.2. The molecule has 3 aromatic carbocycles. The van der Waals surface area contributed by atoms with E-state index >= 15 is 8.78 Å². The lowest BCUT2D eigenvalue weighted by Gasteiger charge is -2.27. The Morgan fingerprint density at radius 2 is 1.68 bits per heavy atom. The van der Waals surface area contributed by atoms with E-state index in [1.807, 2.05) is 6.07 Å². The summed E-state index contributed by atoms with van der Waals surface area (Å²) in [4.78, 5) is 38.6. The molecule has 0 spiro atoms. The molecule has 2 amide bonds. The van der Waals surface area contributed by atoms with Crippen LogP contribution in [-0.4, -0.2) is 34.7 Å². The van der Waals surface area contributed by atoms with E-state index in [2.05, 4.69) is 5.32 Å². The van der Waals surface area contributed by atoms with Crippen molar-refractivity contribution in [2.45, 2.75) is 51.3 Å². The number of ether oxygens (including phenoxy) is 2. The quantitative estimate of drug-likeness (QED) is 0.373. The molecule has 0 saturated heterocycles. The molecule has 210 valence electrons. The Labute approximate surface area is 228 Å². The lowest BCUT2D eigenvalue weighted by molar-refractivity contribution is -0.123. The fourth-order valence-corrected chi connectivity index (χ4v) is 4.20. The highest BCUT2D eigenvalue weighted by Crippen LogP contribution is 2.44. The SMILES string of the molecule is CC(C)(C)OC(=O)NC1CC(F)(F)c2cc(F)c(C(=O)O)cc2N(Cc2ccc(Oc3ccccc3)cc2)C1=O. The van der Waals surface area contributed by atoms with Gasteiger partial charge in [-0.2, -0.15) is 0 Å². The third kappa shape index (κ3) is 6.53. The summed E-state index contributed by atoms with van der Waals surface area (Å²) < 4.78 is 56.4. The zero-order valence-electron chi connectivity index (χ0n) is 21.9. The van der Waals surface area contributed by atoms with Gasteiger partial charge in [-0.3, -0.25) is 4.79 Å². The predicted octanol–water partition coefficient (Wildman–Crippen LogP) is 6.24. The maximum Gasteiger partial charge on any atom is 0.408 e. The van der Waals surface area contributed by atoms with E-state index in [0.717, 1.165) is 4.90 Å². The van der Waals surface area contributed by atoms with Crippen LogP contribution in [0.5, 0.6) is 11.5 Å². The Morgan fingerprint density at radius 1 is 1.05 bits per heavy atom. The number of amides is 2. The number of carbonyl (C=O) groups is 3. The van der Waals surface area contributed by atoms with Crippen LogP contribution in [-0.2, 0) is 22.0 Å². The number of alkyl halides is 2. The highest BCUT2D eigenvalue weighted by Gasteiger charge is 2.47. The maximum absolute atomic E-state index is 15.5. The Hall–Kier alpha value is -4.54. The summed E-state index contributed by atoms with van der Waals surface area (Å²) in [6, 6.07) is 14.8. The van der Waals surface area contributed by atoms with Crippen molar-refractivity contribution in [3.05, 3.63) is 89.2 Å². The zero-order valence-corrected chi connectivity index (χ0v) is 21.9. The number of hydrogen-bond donors (Lipinski definition) is 2. The number of hydrogen-bond acceptors (Lipinski definition) is 5. The van der Waals surface area contributed by atoms with Gasteiger partial charge >= 0.3 is 12.1 Å². The van der Waals surface area contributed by atoms with Gasteiger partial charge in [0.15, 0.2) is 0 Å². The van der Waals surface area contributed by atoms with Crippen molar-refractivity contribution >= 4 is 23.7 Å². The Bertz CT molecular complexity index is 1420. The molecule has 8 nitrogen and oxygen atoms in total. The van der Waals surface area contributed by atoms with Crippen LogP contribution in [0.2, 0.25) is 0 Å². The monoisotopic (exact) mass is 556 g/mol. The fourth-order valence-electron chi connectivity index (χ4n) is 4.20.